The van der Waals surface area contributed by atoms with Gasteiger partial charge in [-0.2, -0.15) is 5.10 Å². The molecule has 1 aromatic carbocycles. The van der Waals surface area contributed by atoms with Crippen molar-refractivity contribution in [2.75, 3.05) is 25.5 Å². The third kappa shape index (κ3) is 4.42. The van der Waals surface area contributed by atoms with Gasteiger partial charge in [-0.25, -0.2) is 18.3 Å². The van der Waals surface area contributed by atoms with E-state index in [-0.39, 0.29) is 23.7 Å². The van der Waals surface area contributed by atoms with Gasteiger partial charge in [-0.1, -0.05) is 0 Å². The molecule has 1 aliphatic heterocycles. The van der Waals surface area contributed by atoms with Crippen LogP contribution < -0.4 is 5.32 Å². The smallest absolute Gasteiger partial charge is 0.321 e. The van der Waals surface area contributed by atoms with E-state index < -0.39 is 11.6 Å². The van der Waals surface area contributed by atoms with Crippen LogP contribution in [-0.4, -0.2) is 57.7 Å². The van der Waals surface area contributed by atoms with Crippen LogP contribution in [0.5, 0.6) is 0 Å². The first-order valence-corrected chi connectivity index (χ1v) is 8.64. The highest BCUT2D eigenvalue weighted by molar-refractivity contribution is 5.89. The topological polar surface area (TPSA) is 70.5 Å². The summed E-state index contributed by atoms with van der Waals surface area (Å²) in [6, 6.07) is 2.81. The molecule has 3 amide bonds. The maximum absolute atomic E-state index is 13.3. The van der Waals surface area contributed by atoms with Gasteiger partial charge in [-0.15, -0.1) is 0 Å². The molecule has 0 spiro atoms. The molecule has 0 saturated carbocycles. The summed E-state index contributed by atoms with van der Waals surface area (Å²) in [5, 5.41) is 6.76. The summed E-state index contributed by atoms with van der Waals surface area (Å²) in [4.78, 5) is 27.2. The largest absolute Gasteiger partial charge is 0.343 e. The van der Waals surface area contributed by atoms with E-state index in [1.54, 1.807) is 23.8 Å². The number of hydrogen-bond donors (Lipinski definition) is 1. The van der Waals surface area contributed by atoms with Crippen LogP contribution >= 0.6 is 0 Å². The van der Waals surface area contributed by atoms with Crippen molar-refractivity contribution in [1.29, 1.82) is 0 Å². The third-order valence-corrected chi connectivity index (χ3v) is 4.72. The highest BCUT2D eigenvalue weighted by Crippen LogP contribution is 2.18. The first-order valence-electron chi connectivity index (χ1n) is 8.64. The van der Waals surface area contributed by atoms with E-state index in [2.05, 4.69) is 10.4 Å². The van der Waals surface area contributed by atoms with Gasteiger partial charge in [0.05, 0.1) is 23.8 Å². The fourth-order valence-corrected chi connectivity index (χ4v) is 3.15. The Morgan fingerprint density at radius 2 is 1.81 bits per heavy atom. The highest BCUT2D eigenvalue weighted by Gasteiger charge is 2.26. The van der Waals surface area contributed by atoms with Crippen molar-refractivity contribution in [2.45, 2.75) is 25.8 Å². The molecule has 27 heavy (non-hydrogen) atoms. The van der Waals surface area contributed by atoms with Crippen molar-refractivity contribution in [2.24, 2.45) is 0 Å². The minimum Gasteiger partial charge on any atom is -0.343 e. The number of halogens is 2. The SMILES string of the molecule is CC(=O)N1CCC(N(C)C(=O)Nc2cnn(-c3cc(F)cc(F)c3)c2)CC1. The van der Waals surface area contributed by atoms with Gasteiger partial charge in [-0.05, 0) is 25.0 Å². The zero-order valence-electron chi connectivity index (χ0n) is 15.2. The summed E-state index contributed by atoms with van der Waals surface area (Å²) in [5.74, 6) is -1.37. The number of aromatic nitrogens is 2. The Kier molecular flexibility index (Phi) is 5.38. The molecule has 9 heteroatoms. The number of carbonyl (C=O) groups excluding carboxylic acids is 2. The van der Waals surface area contributed by atoms with Crippen LogP contribution in [0.25, 0.3) is 5.69 Å². The van der Waals surface area contributed by atoms with Gasteiger partial charge >= 0.3 is 6.03 Å². The monoisotopic (exact) mass is 377 g/mol. The molecule has 1 fully saturated rings. The molecule has 3 rings (SSSR count). The van der Waals surface area contributed by atoms with E-state index >= 15 is 0 Å². The van der Waals surface area contributed by atoms with Crippen molar-refractivity contribution >= 4 is 17.6 Å². The van der Waals surface area contributed by atoms with Crippen LogP contribution in [0.3, 0.4) is 0 Å². The zero-order valence-corrected chi connectivity index (χ0v) is 15.2. The predicted molar refractivity (Wildman–Crippen MR) is 95.5 cm³/mol. The molecule has 0 radical (unpaired) electrons. The first kappa shape index (κ1) is 18.8. The average Bonchev–Trinajstić information content (AvgIpc) is 3.09. The van der Waals surface area contributed by atoms with Gasteiger partial charge in [0, 0.05) is 39.2 Å². The van der Waals surface area contributed by atoms with E-state index in [4.69, 9.17) is 0 Å². The van der Waals surface area contributed by atoms with Gasteiger partial charge < -0.3 is 15.1 Å². The van der Waals surface area contributed by atoms with E-state index in [0.717, 1.165) is 18.2 Å². The summed E-state index contributed by atoms with van der Waals surface area (Å²) >= 11 is 0. The lowest BCUT2D eigenvalue weighted by Gasteiger charge is -2.36. The number of nitrogens with zero attached hydrogens (tertiary/aromatic N) is 4. The number of amides is 3. The van der Waals surface area contributed by atoms with Crippen LogP contribution in [-0.2, 0) is 4.79 Å². The number of carbonyl (C=O) groups is 2. The molecule has 0 aliphatic carbocycles. The molecule has 1 N–H and O–H groups in total. The van der Waals surface area contributed by atoms with Crippen molar-refractivity contribution in [3.8, 4) is 5.69 Å². The minimum atomic E-state index is -0.706. The Labute approximate surface area is 155 Å². The number of piperidine rings is 1. The molecule has 0 bridgehead atoms. The lowest BCUT2D eigenvalue weighted by atomic mass is 10.0. The molecule has 1 aromatic heterocycles. The van der Waals surface area contributed by atoms with E-state index in [0.29, 0.717) is 31.6 Å². The lowest BCUT2D eigenvalue weighted by molar-refractivity contribution is -0.130. The van der Waals surface area contributed by atoms with Crippen LogP contribution in [0.15, 0.2) is 30.6 Å². The standard InChI is InChI=1S/C18H21F2N5O2/c1-12(26)24-5-3-16(4-6-24)23(2)18(27)22-15-10-21-25(11-15)17-8-13(19)7-14(20)9-17/h7-11,16H,3-6H2,1-2H3,(H,22,27). The Morgan fingerprint density at radius 3 is 2.41 bits per heavy atom. The quantitative estimate of drug-likeness (QED) is 0.894. The molecule has 7 nitrogen and oxygen atoms in total. The summed E-state index contributed by atoms with van der Waals surface area (Å²) in [6.45, 7) is 2.79. The van der Waals surface area contributed by atoms with Crippen molar-refractivity contribution in [1.82, 2.24) is 19.6 Å². The Morgan fingerprint density at radius 1 is 1.19 bits per heavy atom. The zero-order chi connectivity index (χ0) is 19.6. The maximum Gasteiger partial charge on any atom is 0.321 e. The third-order valence-electron chi connectivity index (χ3n) is 4.72. The second-order valence-corrected chi connectivity index (χ2v) is 6.58. The van der Waals surface area contributed by atoms with Gasteiger partial charge in [0.2, 0.25) is 5.91 Å². The molecular formula is C18H21F2N5O2. The number of urea groups is 1. The van der Waals surface area contributed by atoms with Crippen molar-refractivity contribution < 1.29 is 18.4 Å². The van der Waals surface area contributed by atoms with Gasteiger partial charge in [0.25, 0.3) is 0 Å². The summed E-state index contributed by atoms with van der Waals surface area (Å²) in [7, 11) is 1.70. The number of rotatable bonds is 3. The van der Waals surface area contributed by atoms with Crippen LogP contribution in [0.1, 0.15) is 19.8 Å². The van der Waals surface area contributed by atoms with E-state index in [1.807, 2.05) is 0 Å². The average molecular weight is 377 g/mol. The van der Waals surface area contributed by atoms with Crippen LogP contribution in [0, 0.1) is 11.6 Å². The minimum absolute atomic E-state index is 0.0351. The van der Waals surface area contributed by atoms with Crippen LogP contribution in [0.4, 0.5) is 19.3 Å². The van der Waals surface area contributed by atoms with Gasteiger partial charge in [-0.3, -0.25) is 4.79 Å². The molecule has 2 aromatic rings. The number of benzene rings is 1. The molecule has 2 heterocycles. The Hall–Kier alpha value is -2.97. The number of hydrogen-bond acceptors (Lipinski definition) is 3. The normalized spacial score (nSPS) is 14.9. The van der Waals surface area contributed by atoms with Gasteiger partial charge in [0.1, 0.15) is 11.6 Å². The Balaban J connectivity index is 1.61. The molecule has 0 unspecified atom stereocenters. The summed E-state index contributed by atoms with van der Waals surface area (Å²) < 4.78 is 28.0. The second kappa shape index (κ2) is 7.73. The van der Waals surface area contributed by atoms with Crippen molar-refractivity contribution in [3.05, 3.63) is 42.2 Å². The molecule has 144 valence electrons. The summed E-state index contributed by atoms with van der Waals surface area (Å²) in [6.07, 6.45) is 4.32. The fraction of sp³-hybridized carbons (Fsp3) is 0.389. The summed E-state index contributed by atoms with van der Waals surface area (Å²) in [5.41, 5.74) is 0.635. The molecule has 1 aliphatic rings. The van der Waals surface area contributed by atoms with Crippen LogP contribution in [0.2, 0.25) is 0 Å². The first-order chi connectivity index (χ1) is 12.8. The number of nitrogens with one attached hydrogen (secondary N) is 1. The number of likely N-dealkylation sites (tertiary alicyclic amines) is 1. The molecular weight excluding hydrogens is 356 g/mol. The molecule has 0 atom stereocenters. The fourth-order valence-electron chi connectivity index (χ4n) is 3.15. The lowest BCUT2D eigenvalue weighted by Crippen LogP contribution is -2.47. The number of anilines is 1. The van der Waals surface area contributed by atoms with Gasteiger partial charge in [0.15, 0.2) is 0 Å². The highest BCUT2D eigenvalue weighted by atomic mass is 19.1. The maximum atomic E-state index is 13.3. The molecule has 1 saturated heterocycles. The predicted octanol–water partition coefficient (Wildman–Crippen LogP) is 2.63. The van der Waals surface area contributed by atoms with E-state index in [1.165, 1.54) is 17.1 Å². The van der Waals surface area contributed by atoms with Crippen molar-refractivity contribution in [3.63, 3.8) is 0 Å². The second-order valence-electron chi connectivity index (χ2n) is 6.58. The Bertz CT molecular complexity index is 826. The van der Waals surface area contributed by atoms with E-state index in [9.17, 15) is 18.4 Å².